The molecule has 28 heavy (non-hydrogen) atoms. The highest BCUT2D eigenvalue weighted by Crippen LogP contribution is 2.45. The lowest BCUT2D eigenvalue weighted by Gasteiger charge is -2.22. The molecule has 0 aromatic heterocycles. The smallest absolute Gasteiger partial charge is 0.323 e. The number of nitrogens with one attached hydrogen (secondary N) is 1. The zero-order valence-corrected chi connectivity index (χ0v) is 15.5. The third-order valence-electron chi connectivity index (χ3n) is 5.42. The van der Waals surface area contributed by atoms with Crippen LogP contribution in [-0.4, -0.2) is 38.0 Å². The number of hydrogen-bond donors (Lipinski definition) is 1. The Morgan fingerprint density at radius 2 is 1.57 bits per heavy atom. The van der Waals surface area contributed by atoms with E-state index in [9.17, 15) is 14.4 Å². The summed E-state index contributed by atoms with van der Waals surface area (Å²) in [5.41, 5.74) is 1.31. The van der Waals surface area contributed by atoms with Gasteiger partial charge in [0.2, 0.25) is 11.8 Å². The summed E-state index contributed by atoms with van der Waals surface area (Å²) in [6.45, 7) is 0. The van der Waals surface area contributed by atoms with Crippen LogP contribution in [0.3, 0.4) is 0 Å². The van der Waals surface area contributed by atoms with E-state index in [2.05, 4.69) is 5.32 Å². The minimum atomic E-state index is -0.882. The molecule has 2 aliphatic rings. The molecule has 2 aromatic rings. The highest BCUT2D eigenvalue weighted by molar-refractivity contribution is 6.23. The predicted octanol–water partition coefficient (Wildman–Crippen LogP) is 1.69. The first kappa shape index (κ1) is 18.2. The number of methoxy groups -OCH3 is 2. The number of fused-ring (bicyclic) bond motifs is 1. The Bertz CT molecular complexity index is 912. The first-order valence-corrected chi connectivity index (χ1v) is 8.97. The van der Waals surface area contributed by atoms with Crippen LogP contribution in [0.25, 0.3) is 0 Å². The van der Waals surface area contributed by atoms with Crippen molar-refractivity contribution in [1.29, 1.82) is 0 Å². The first-order chi connectivity index (χ1) is 13.6. The standard InChI is InChI=1S/C21H20N2O5/c1-27-14-10-8-12(9-11-14)17-15-16(18(22-17)21(26)28-2)20(25)23(19(15)24)13-6-4-3-5-7-13/h3-11,15-18,22H,1-2H3/t15-,16+,17+,18-/m1/s1. The van der Waals surface area contributed by atoms with E-state index in [0.29, 0.717) is 11.4 Å². The van der Waals surface area contributed by atoms with Crippen molar-refractivity contribution < 1.29 is 23.9 Å². The summed E-state index contributed by atoms with van der Waals surface area (Å²) in [5.74, 6) is -2.08. The van der Waals surface area contributed by atoms with Gasteiger partial charge in [0.25, 0.3) is 0 Å². The molecule has 2 amide bonds. The van der Waals surface area contributed by atoms with Crippen LogP contribution >= 0.6 is 0 Å². The van der Waals surface area contributed by atoms with Gasteiger partial charge >= 0.3 is 5.97 Å². The molecule has 0 bridgehead atoms. The predicted molar refractivity (Wildman–Crippen MR) is 101 cm³/mol. The maximum absolute atomic E-state index is 13.2. The quantitative estimate of drug-likeness (QED) is 0.642. The molecule has 144 valence electrons. The van der Waals surface area contributed by atoms with E-state index >= 15 is 0 Å². The Morgan fingerprint density at radius 3 is 2.18 bits per heavy atom. The number of imide groups is 1. The minimum Gasteiger partial charge on any atom is -0.497 e. The molecule has 2 aliphatic heterocycles. The Kier molecular flexibility index (Phi) is 4.60. The zero-order chi connectivity index (χ0) is 19.8. The van der Waals surface area contributed by atoms with Crippen LogP contribution in [0.15, 0.2) is 54.6 Å². The number of hydrogen-bond acceptors (Lipinski definition) is 6. The van der Waals surface area contributed by atoms with Gasteiger partial charge in [-0.3, -0.25) is 19.7 Å². The van der Waals surface area contributed by atoms with E-state index < -0.39 is 29.9 Å². The van der Waals surface area contributed by atoms with Crippen LogP contribution in [0.5, 0.6) is 5.75 Å². The molecule has 7 nitrogen and oxygen atoms in total. The summed E-state index contributed by atoms with van der Waals surface area (Å²) >= 11 is 0. The molecule has 7 heteroatoms. The maximum atomic E-state index is 13.2. The fourth-order valence-corrected chi connectivity index (χ4v) is 4.10. The number of ether oxygens (including phenoxy) is 2. The van der Waals surface area contributed by atoms with Crippen LogP contribution in [0.2, 0.25) is 0 Å². The molecule has 4 atom stereocenters. The second-order valence-electron chi connectivity index (χ2n) is 6.82. The van der Waals surface area contributed by atoms with Crippen molar-refractivity contribution in [2.75, 3.05) is 19.1 Å². The van der Waals surface area contributed by atoms with Gasteiger partial charge in [0.15, 0.2) is 0 Å². The Morgan fingerprint density at radius 1 is 0.929 bits per heavy atom. The number of rotatable bonds is 4. The number of benzene rings is 2. The molecule has 0 spiro atoms. The van der Waals surface area contributed by atoms with E-state index in [1.807, 2.05) is 18.2 Å². The summed E-state index contributed by atoms with van der Waals surface area (Å²) in [7, 11) is 2.85. The number of anilines is 1. The molecule has 2 aromatic carbocycles. The Labute approximate surface area is 162 Å². The van der Waals surface area contributed by atoms with Crippen LogP contribution in [0, 0.1) is 11.8 Å². The number of amides is 2. The van der Waals surface area contributed by atoms with Gasteiger partial charge in [0.05, 0.1) is 31.7 Å². The third kappa shape index (κ3) is 2.75. The van der Waals surface area contributed by atoms with Gasteiger partial charge < -0.3 is 9.47 Å². The van der Waals surface area contributed by atoms with Gasteiger partial charge in [-0.25, -0.2) is 4.90 Å². The molecular formula is C21H20N2O5. The van der Waals surface area contributed by atoms with E-state index in [4.69, 9.17) is 9.47 Å². The van der Waals surface area contributed by atoms with Gasteiger partial charge in [-0.2, -0.15) is 0 Å². The molecule has 1 N–H and O–H groups in total. The summed E-state index contributed by atoms with van der Waals surface area (Å²) in [5, 5.41) is 3.15. The van der Waals surface area contributed by atoms with Crippen molar-refractivity contribution in [1.82, 2.24) is 5.32 Å². The average molecular weight is 380 g/mol. The van der Waals surface area contributed by atoms with Crippen LogP contribution in [-0.2, 0) is 19.1 Å². The van der Waals surface area contributed by atoms with E-state index in [1.54, 1.807) is 43.5 Å². The second-order valence-corrected chi connectivity index (χ2v) is 6.82. The largest absolute Gasteiger partial charge is 0.497 e. The fourth-order valence-electron chi connectivity index (χ4n) is 4.10. The number of carbonyl (C=O) groups excluding carboxylic acids is 3. The number of carbonyl (C=O) groups is 3. The maximum Gasteiger partial charge on any atom is 0.323 e. The Hall–Kier alpha value is -3.19. The van der Waals surface area contributed by atoms with Crippen LogP contribution in [0.1, 0.15) is 11.6 Å². The van der Waals surface area contributed by atoms with E-state index in [0.717, 1.165) is 5.56 Å². The van der Waals surface area contributed by atoms with Gasteiger partial charge in [-0.1, -0.05) is 30.3 Å². The second kappa shape index (κ2) is 7.09. The highest BCUT2D eigenvalue weighted by Gasteiger charge is 2.61. The summed E-state index contributed by atoms with van der Waals surface area (Å²) in [4.78, 5) is 39.9. The summed E-state index contributed by atoms with van der Waals surface area (Å²) in [6.07, 6.45) is 0. The van der Waals surface area contributed by atoms with E-state index in [-0.39, 0.29) is 11.8 Å². The van der Waals surface area contributed by atoms with Crippen LogP contribution < -0.4 is 15.0 Å². The molecule has 0 aliphatic carbocycles. The van der Waals surface area contributed by atoms with Crippen molar-refractivity contribution in [2.45, 2.75) is 12.1 Å². The molecule has 0 radical (unpaired) electrons. The molecule has 2 saturated heterocycles. The monoisotopic (exact) mass is 380 g/mol. The fraction of sp³-hybridized carbons (Fsp3) is 0.286. The molecule has 0 unspecified atom stereocenters. The van der Waals surface area contributed by atoms with Crippen LogP contribution in [0.4, 0.5) is 5.69 Å². The lowest BCUT2D eigenvalue weighted by Crippen LogP contribution is -2.43. The van der Waals surface area contributed by atoms with Gasteiger partial charge in [0, 0.05) is 6.04 Å². The molecule has 4 rings (SSSR count). The van der Waals surface area contributed by atoms with Crippen molar-refractivity contribution in [3.8, 4) is 5.75 Å². The topological polar surface area (TPSA) is 84.9 Å². The molecule has 2 heterocycles. The number of nitrogens with zero attached hydrogens (tertiary/aromatic N) is 1. The first-order valence-electron chi connectivity index (χ1n) is 8.97. The number of para-hydroxylation sites is 1. The molecular weight excluding hydrogens is 360 g/mol. The lowest BCUT2D eigenvalue weighted by atomic mass is 9.86. The highest BCUT2D eigenvalue weighted by atomic mass is 16.5. The molecule has 2 fully saturated rings. The summed E-state index contributed by atoms with van der Waals surface area (Å²) in [6, 6.07) is 14.6. The van der Waals surface area contributed by atoms with Gasteiger partial charge in [-0.15, -0.1) is 0 Å². The lowest BCUT2D eigenvalue weighted by molar-refractivity contribution is -0.145. The minimum absolute atomic E-state index is 0.319. The van der Waals surface area contributed by atoms with E-state index in [1.165, 1.54) is 12.0 Å². The van der Waals surface area contributed by atoms with Crippen molar-refractivity contribution in [3.63, 3.8) is 0 Å². The summed E-state index contributed by atoms with van der Waals surface area (Å²) < 4.78 is 10.1. The Balaban J connectivity index is 1.75. The SMILES string of the molecule is COC(=O)[C@@H]1N[C@@H](c2ccc(OC)cc2)[C@@H]2C(=O)N(c3ccccc3)C(=O)[C@@H]21. The third-order valence-corrected chi connectivity index (χ3v) is 5.42. The van der Waals surface area contributed by atoms with Gasteiger partial charge in [0.1, 0.15) is 11.8 Å². The normalized spacial score (nSPS) is 26.3. The van der Waals surface area contributed by atoms with Crippen molar-refractivity contribution in [2.24, 2.45) is 11.8 Å². The average Bonchev–Trinajstić information content (AvgIpc) is 3.25. The van der Waals surface area contributed by atoms with Crippen molar-refractivity contribution in [3.05, 3.63) is 60.2 Å². The molecule has 0 saturated carbocycles. The van der Waals surface area contributed by atoms with Gasteiger partial charge in [-0.05, 0) is 29.8 Å². The number of esters is 1. The van der Waals surface area contributed by atoms with Crippen molar-refractivity contribution >= 4 is 23.5 Å². The zero-order valence-electron chi connectivity index (χ0n) is 15.5.